The molecule has 4 aromatic heterocycles. The number of alkyl halides is 2. The molecule has 4 aromatic rings. The molecule has 0 bridgehead atoms. The van der Waals surface area contributed by atoms with Gasteiger partial charge in [-0.3, -0.25) is 4.98 Å². The number of pyridine rings is 2. The van der Waals surface area contributed by atoms with Gasteiger partial charge >= 0.3 is 0 Å². The lowest BCUT2D eigenvalue weighted by atomic mass is 10.0. The Morgan fingerprint density at radius 3 is 2.72 bits per heavy atom. The summed E-state index contributed by atoms with van der Waals surface area (Å²) in [5, 5.41) is 25.3. The number of hydrogen-bond acceptors (Lipinski definition) is 8. The smallest absolute Gasteiger partial charge is 0.250 e. The van der Waals surface area contributed by atoms with Crippen LogP contribution in [0.15, 0.2) is 36.8 Å². The lowest BCUT2D eigenvalue weighted by Gasteiger charge is -2.28. The van der Waals surface area contributed by atoms with E-state index in [1.165, 1.54) is 18.3 Å². The Balaban J connectivity index is 1.49. The highest BCUT2D eigenvalue weighted by atomic mass is 35.5. The molecular formula is C25H25ClF3N9O. The molecule has 39 heavy (non-hydrogen) atoms. The third-order valence-corrected chi connectivity index (χ3v) is 6.94. The maximum atomic E-state index is 13.5. The van der Waals surface area contributed by atoms with Crippen LogP contribution < -0.4 is 10.1 Å². The SMILES string of the molecule is Cc1c(-c2cc(OC(CNCC(F)F)c3ccc(F)cn3)c3c(Cl)cnn3c2)nnn1C1CCN(C#N)CC1. The molecule has 1 aliphatic heterocycles. The second kappa shape index (κ2) is 11.5. The maximum absolute atomic E-state index is 13.5. The minimum absolute atomic E-state index is 0.0122. The van der Waals surface area contributed by atoms with Crippen LogP contribution in [0, 0.1) is 24.2 Å². The number of likely N-dealkylation sites (tertiary alicyclic amines) is 1. The number of aromatic nitrogens is 6. The Morgan fingerprint density at radius 1 is 1.23 bits per heavy atom. The Bertz CT molecular complexity index is 1480. The first-order chi connectivity index (χ1) is 18.8. The first kappa shape index (κ1) is 26.7. The summed E-state index contributed by atoms with van der Waals surface area (Å²) in [5.41, 5.74) is 2.92. The molecule has 1 atom stereocenters. The zero-order valence-corrected chi connectivity index (χ0v) is 21.7. The fraction of sp³-hybridized carbons (Fsp3) is 0.400. The third kappa shape index (κ3) is 5.76. The van der Waals surface area contributed by atoms with Gasteiger partial charge in [-0.15, -0.1) is 5.10 Å². The van der Waals surface area contributed by atoms with Crippen LogP contribution in [0.4, 0.5) is 13.2 Å². The zero-order chi connectivity index (χ0) is 27.5. The first-order valence-corrected chi connectivity index (χ1v) is 12.7. The molecule has 204 valence electrons. The van der Waals surface area contributed by atoms with Crippen LogP contribution >= 0.6 is 11.6 Å². The van der Waals surface area contributed by atoms with E-state index in [9.17, 15) is 13.2 Å². The van der Waals surface area contributed by atoms with Gasteiger partial charge in [-0.25, -0.2) is 22.4 Å². The fourth-order valence-electron chi connectivity index (χ4n) is 4.69. The number of rotatable bonds is 9. The largest absolute Gasteiger partial charge is 0.480 e. The van der Waals surface area contributed by atoms with Gasteiger partial charge in [0.25, 0.3) is 6.43 Å². The van der Waals surface area contributed by atoms with Gasteiger partial charge in [0.05, 0.1) is 41.4 Å². The topological polar surface area (TPSA) is 109 Å². The molecule has 1 fully saturated rings. The Hall–Kier alpha value is -3.89. The van der Waals surface area contributed by atoms with E-state index in [-0.39, 0.29) is 12.6 Å². The molecule has 5 heterocycles. The van der Waals surface area contributed by atoms with Crippen molar-refractivity contribution in [2.75, 3.05) is 26.2 Å². The molecule has 10 nitrogen and oxygen atoms in total. The number of hydrogen-bond donors (Lipinski definition) is 1. The Labute approximate surface area is 226 Å². The van der Waals surface area contributed by atoms with Gasteiger partial charge in [-0.2, -0.15) is 10.4 Å². The summed E-state index contributed by atoms with van der Waals surface area (Å²) < 4.78 is 48.9. The quantitative estimate of drug-likeness (QED) is 0.304. The molecule has 0 saturated carbocycles. The highest BCUT2D eigenvalue weighted by Crippen LogP contribution is 2.35. The van der Waals surface area contributed by atoms with Crippen LogP contribution in [0.1, 0.15) is 36.4 Å². The number of fused-ring (bicyclic) bond motifs is 1. The standard InChI is InChI=1S/C25H25ClF3N9O/c1-15-24(34-35-38(15)18-4-6-36(14-30)7-5-18)16-8-21(25-19(26)10-33-37(25)13-16)39-22(11-31-12-23(28)29)20-3-2-17(27)9-32-20/h2-3,8-10,13,18,22-23,31H,4-7,11-12H2,1H3. The predicted molar refractivity (Wildman–Crippen MR) is 136 cm³/mol. The van der Waals surface area contributed by atoms with Crippen LogP contribution in [0.2, 0.25) is 5.02 Å². The molecular weight excluding hydrogens is 535 g/mol. The molecule has 14 heteroatoms. The second-order valence-electron chi connectivity index (χ2n) is 9.22. The summed E-state index contributed by atoms with van der Waals surface area (Å²) in [6.45, 7) is 2.68. The second-order valence-corrected chi connectivity index (χ2v) is 9.63. The van der Waals surface area contributed by atoms with E-state index >= 15 is 0 Å². The molecule has 1 unspecified atom stereocenters. The van der Waals surface area contributed by atoms with Gasteiger partial charge in [0, 0.05) is 31.4 Å². The van der Waals surface area contributed by atoms with Gasteiger partial charge in [-0.05, 0) is 38.0 Å². The van der Waals surface area contributed by atoms with E-state index in [1.54, 1.807) is 21.7 Å². The number of halogens is 4. The fourth-order valence-corrected chi connectivity index (χ4v) is 4.92. The van der Waals surface area contributed by atoms with Crippen LogP contribution in [0.25, 0.3) is 16.8 Å². The van der Waals surface area contributed by atoms with Gasteiger partial charge in [0.15, 0.2) is 12.3 Å². The van der Waals surface area contributed by atoms with Crippen molar-refractivity contribution in [2.45, 2.75) is 38.3 Å². The van der Waals surface area contributed by atoms with Gasteiger partial charge in [0.1, 0.15) is 22.8 Å². The van der Waals surface area contributed by atoms with E-state index in [0.717, 1.165) is 24.7 Å². The summed E-state index contributed by atoms with van der Waals surface area (Å²) in [6, 6.07) is 4.53. The number of piperidine rings is 1. The molecule has 1 aliphatic rings. The lowest BCUT2D eigenvalue weighted by molar-refractivity contribution is 0.134. The van der Waals surface area contributed by atoms with Crippen molar-refractivity contribution in [1.29, 1.82) is 5.26 Å². The summed E-state index contributed by atoms with van der Waals surface area (Å²) in [7, 11) is 0. The summed E-state index contributed by atoms with van der Waals surface area (Å²) in [6.07, 6.45) is 4.62. The minimum atomic E-state index is -2.55. The Kier molecular flexibility index (Phi) is 7.85. The zero-order valence-electron chi connectivity index (χ0n) is 20.9. The number of nitrogens with one attached hydrogen (secondary N) is 1. The molecule has 0 radical (unpaired) electrons. The predicted octanol–water partition coefficient (Wildman–Crippen LogP) is 4.18. The van der Waals surface area contributed by atoms with Gasteiger partial charge in [-0.1, -0.05) is 16.8 Å². The maximum Gasteiger partial charge on any atom is 0.250 e. The molecule has 0 spiro atoms. The van der Waals surface area contributed by atoms with Crippen molar-refractivity contribution in [3.8, 4) is 23.2 Å². The average molecular weight is 560 g/mol. The van der Waals surface area contributed by atoms with Crippen molar-refractivity contribution in [1.82, 2.24) is 39.8 Å². The highest BCUT2D eigenvalue weighted by molar-refractivity contribution is 6.34. The monoisotopic (exact) mass is 559 g/mol. The van der Waals surface area contributed by atoms with Gasteiger partial charge in [0.2, 0.25) is 0 Å². The van der Waals surface area contributed by atoms with Crippen molar-refractivity contribution in [3.63, 3.8) is 0 Å². The Morgan fingerprint density at radius 2 is 2.03 bits per heavy atom. The lowest BCUT2D eigenvalue weighted by Crippen LogP contribution is -2.31. The third-order valence-electron chi connectivity index (χ3n) is 6.66. The van der Waals surface area contributed by atoms with Crippen molar-refractivity contribution in [2.24, 2.45) is 0 Å². The minimum Gasteiger partial charge on any atom is -0.480 e. The van der Waals surface area contributed by atoms with E-state index < -0.39 is 24.9 Å². The normalized spacial score (nSPS) is 15.2. The van der Waals surface area contributed by atoms with Crippen molar-refractivity contribution >= 4 is 17.1 Å². The van der Waals surface area contributed by atoms with Crippen molar-refractivity contribution in [3.05, 3.63) is 59.0 Å². The molecule has 0 aromatic carbocycles. The van der Waals surface area contributed by atoms with Crippen LogP contribution in [-0.2, 0) is 0 Å². The van der Waals surface area contributed by atoms with Crippen LogP contribution in [0.5, 0.6) is 5.75 Å². The van der Waals surface area contributed by atoms with E-state index in [2.05, 4.69) is 31.9 Å². The van der Waals surface area contributed by atoms with Crippen molar-refractivity contribution < 1.29 is 17.9 Å². The van der Waals surface area contributed by atoms with E-state index in [4.69, 9.17) is 21.6 Å². The van der Waals surface area contributed by atoms with E-state index in [1.807, 2.05) is 11.6 Å². The summed E-state index contributed by atoms with van der Waals surface area (Å²) in [5.74, 6) is -0.209. The first-order valence-electron chi connectivity index (χ1n) is 12.3. The highest BCUT2D eigenvalue weighted by Gasteiger charge is 2.25. The number of ether oxygens (including phenoxy) is 1. The number of nitriles is 1. The molecule has 0 amide bonds. The summed E-state index contributed by atoms with van der Waals surface area (Å²) >= 11 is 6.43. The van der Waals surface area contributed by atoms with E-state index in [0.29, 0.717) is 46.3 Å². The summed E-state index contributed by atoms with van der Waals surface area (Å²) in [4.78, 5) is 5.82. The average Bonchev–Trinajstić information content (AvgIpc) is 3.50. The molecule has 5 rings (SSSR count). The molecule has 1 saturated heterocycles. The van der Waals surface area contributed by atoms with Crippen LogP contribution in [0.3, 0.4) is 0 Å². The molecule has 0 aliphatic carbocycles. The van der Waals surface area contributed by atoms with Crippen LogP contribution in [-0.4, -0.2) is 67.1 Å². The molecule has 1 N–H and O–H groups in total. The van der Waals surface area contributed by atoms with Gasteiger partial charge < -0.3 is 15.0 Å². The number of nitrogens with zero attached hydrogens (tertiary/aromatic N) is 8.